The second-order valence-corrected chi connectivity index (χ2v) is 7.25. The van der Waals surface area contributed by atoms with E-state index in [4.69, 9.17) is 11.6 Å². The predicted molar refractivity (Wildman–Crippen MR) is 81.6 cm³/mol. The van der Waals surface area contributed by atoms with Gasteiger partial charge in [-0.1, -0.05) is 35.0 Å². The van der Waals surface area contributed by atoms with Gasteiger partial charge in [-0.25, -0.2) is 0 Å². The van der Waals surface area contributed by atoms with Crippen molar-refractivity contribution in [2.24, 2.45) is 4.40 Å². The van der Waals surface area contributed by atoms with Crippen LogP contribution in [0, 0.1) is 0 Å². The Kier molecular flexibility index (Phi) is 4.23. The quantitative estimate of drug-likeness (QED) is 0.848. The van der Waals surface area contributed by atoms with Crippen molar-refractivity contribution in [1.29, 1.82) is 0 Å². The highest BCUT2D eigenvalue weighted by molar-refractivity contribution is 8.15. The molecule has 4 nitrogen and oxygen atoms in total. The summed E-state index contributed by atoms with van der Waals surface area (Å²) < 4.78 is 27.8. The van der Waals surface area contributed by atoms with Gasteiger partial charge in [-0.05, 0) is 32.0 Å². The highest BCUT2D eigenvalue weighted by atomic mass is 35.5. The molecule has 19 heavy (non-hydrogen) atoms. The zero-order valence-corrected chi connectivity index (χ0v) is 12.9. The second-order valence-electron chi connectivity index (χ2n) is 4.23. The van der Waals surface area contributed by atoms with Gasteiger partial charge in [0.15, 0.2) is 5.17 Å². The van der Waals surface area contributed by atoms with Crippen LogP contribution in [0.2, 0.25) is 5.02 Å². The lowest BCUT2D eigenvalue weighted by atomic mass is 10.3. The lowest BCUT2D eigenvalue weighted by Crippen LogP contribution is -2.19. The Balaban J connectivity index is 2.27. The van der Waals surface area contributed by atoms with Gasteiger partial charge < -0.3 is 5.32 Å². The number of benzene rings is 1. The van der Waals surface area contributed by atoms with Crippen molar-refractivity contribution >= 4 is 44.2 Å². The van der Waals surface area contributed by atoms with Gasteiger partial charge in [0, 0.05) is 10.8 Å². The number of sulfonamides is 1. The number of rotatable bonds is 2. The average Bonchev–Trinajstić information content (AvgIpc) is 2.29. The fraction of sp³-hybridized carbons (Fsp3) is 0.250. The Morgan fingerprint density at radius 2 is 2.21 bits per heavy atom. The average molecular weight is 317 g/mol. The maximum absolute atomic E-state index is 12.0. The van der Waals surface area contributed by atoms with Crippen LogP contribution in [0.5, 0.6) is 0 Å². The SMILES string of the molecule is CC(C)=CCSC1=NS(=O)(=O)c2cc(Cl)ccc2N1. The summed E-state index contributed by atoms with van der Waals surface area (Å²) in [5.74, 6) is 0.673. The first kappa shape index (κ1) is 14.4. The Morgan fingerprint density at radius 3 is 2.89 bits per heavy atom. The molecule has 0 radical (unpaired) electrons. The van der Waals surface area contributed by atoms with Gasteiger partial charge in [0.1, 0.15) is 4.90 Å². The van der Waals surface area contributed by atoms with Crippen LogP contribution in [0.1, 0.15) is 13.8 Å². The third-order valence-electron chi connectivity index (χ3n) is 2.38. The highest BCUT2D eigenvalue weighted by Crippen LogP contribution is 2.31. The molecule has 0 atom stereocenters. The molecule has 0 aliphatic carbocycles. The van der Waals surface area contributed by atoms with Crippen molar-refractivity contribution in [2.45, 2.75) is 18.7 Å². The maximum Gasteiger partial charge on any atom is 0.286 e. The predicted octanol–water partition coefficient (Wildman–Crippen LogP) is 3.51. The van der Waals surface area contributed by atoms with E-state index in [1.54, 1.807) is 12.1 Å². The van der Waals surface area contributed by atoms with Crippen LogP contribution in [-0.2, 0) is 10.0 Å². The molecule has 7 heteroatoms. The molecule has 0 unspecified atom stereocenters. The number of allylic oxidation sites excluding steroid dienone is 1. The lowest BCUT2D eigenvalue weighted by molar-refractivity contribution is 0.598. The maximum atomic E-state index is 12.0. The van der Waals surface area contributed by atoms with Crippen LogP contribution >= 0.6 is 23.4 Å². The Hall–Kier alpha value is -0.980. The third kappa shape index (κ3) is 3.52. The Labute approximate surface area is 122 Å². The molecule has 0 saturated carbocycles. The van der Waals surface area contributed by atoms with Gasteiger partial charge in [-0.3, -0.25) is 0 Å². The van der Waals surface area contributed by atoms with Crippen LogP contribution in [0.3, 0.4) is 0 Å². The van der Waals surface area contributed by atoms with Crippen LogP contribution in [0.25, 0.3) is 0 Å². The molecule has 1 N–H and O–H groups in total. The number of halogens is 1. The molecule has 2 rings (SSSR count). The first-order valence-electron chi connectivity index (χ1n) is 5.56. The summed E-state index contributed by atoms with van der Waals surface area (Å²) in [4.78, 5) is 0.117. The number of hydrogen-bond acceptors (Lipinski definition) is 4. The van der Waals surface area contributed by atoms with E-state index in [-0.39, 0.29) is 4.90 Å². The minimum absolute atomic E-state index is 0.117. The zero-order chi connectivity index (χ0) is 14.0. The van der Waals surface area contributed by atoms with Gasteiger partial charge in [0.05, 0.1) is 5.69 Å². The fourth-order valence-corrected chi connectivity index (χ4v) is 3.99. The van der Waals surface area contributed by atoms with Gasteiger partial charge in [0.2, 0.25) is 0 Å². The van der Waals surface area contributed by atoms with Crippen molar-refractivity contribution in [3.63, 3.8) is 0 Å². The second kappa shape index (κ2) is 5.56. The molecular formula is C12H13ClN2O2S2. The summed E-state index contributed by atoms with van der Waals surface area (Å²) in [5.41, 5.74) is 1.69. The molecule has 1 aromatic rings. The third-order valence-corrected chi connectivity index (χ3v) is 4.85. The number of anilines is 1. The van der Waals surface area contributed by atoms with E-state index >= 15 is 0 Å². The molecule has 1 aromatic carbocycles. The summed E-state index contributed by atoms with van der Waals surface area (Å²) >= 11 is 7.15. The largest absolute Gasteiger partial charge is 0.333 e. The molecule has 1 aliphatic heterocycles. The fourth-order valence-electron chi connectivity index (χ4n) is 1.46. The molecule has 0 fully saturated rings. The van der Waals surface area contributed by atoms with Crippen LogP contribution in [0.15, 0.2) is 39.1 Å². The molecule has 0 amide bonds. The van der Waals surface area contributed by atoms with E-state index in [1.165, 1.54) is 23.4 Å². The number of fused-ring (bicyclic) bond motifs is 1. The number of nitrogens with one attached hydrogen (secondary N) is 1. The van der Waals surface area contributed by atoms with Crippen molar-refractivity contribution < 1.29 is 8.42 Å². The summed E-state index contributed by atoms with van der Waals surface area (Å²) in [6, 6.07) is 4.69. The van der Waals surface area contributed by atoms with Gasteiger partial charge >= 0.3 is 0 Å². The topological polar surface area (TPSA) is 58.5 Å². The Morgan fingerprint density at radius 1 is 1.47 bits per heavy atom. The first-order valence-corrected chi connectivity index (χ1v) is 8.36. The van der Waals surface area contributed by atoms with Crippen LogP contribution in [-0.4, -0.2) is 19.3 Å². The minimum atomic E-state index is -3.66. The van der Waals surface area contributed by atoms with E-state index < -0.39 is 10.0 Å². The van der Waals surface area contributed by atoms with E-state index in [1.807, 2.05) is 19.9 Å². The molecule has 1 aliphatic rings. The van der Waals surface area contributed by atoms with E-state index in [9.17, 15) is 8.42 Å². The standard InChI is InChI=1S/C12H13ClN2O2S2/c1-8(2)5-6-18-12-14-10-4-3-9(13)7-11(10)19(16,17)15-12/h3-5,7H,6H2,1-2H3,(H,14,15). The zero-order valence-electron chi connectivity index (χ0n) is 10.5. The molecule has 102 valence electrons. The summed E-state index contributed by atoms with van der Waals surface area (Å²) in [7, 11) is -3.66. The van der Waals surface area contributed by atoms with Crippen LogP contribution in [0.4, 0.5) is 5.69 Å². The van der Waals surface area contributed by atoms with Gasteiger partial charge in [-0.15, -0.1) is 4.40 Å². The van der Waals surface area contributed by atoms with Gasteiger partial charge in [-0.2, -0.15) is 8.42 Å². The summed E-state index contributed by atoms with van der Waals surface area (Å²) in [6.45, 7) is 3.98. The molecule has 0 aromatic heterocycles. The van der Waals surface area contributed by atoms with E-state index in [0.717, 1.165) is 0 Å². The first-order chi connectivity index (χ1) is 8.88. The molecule has 0 bridgehead atoms. The van der Waals surface area contributed by atoms with Crippen molar-refractivity contribution in [2.75, 3.05) is 11.1 Å². The summed E-state index contributed by atoms with van der Waals surface area (Å²) in [6.07, 6.45) is 2.01. The van der Waals surface area contributed by atoms with E-state index in [0.29, 0.717) is 21.6 Å². The van der Waals surface area contributed by atoms with Gasteiger partial charge in [0.25, 0.3) is 10.0 Å². The Bertz CT molecular complexity index is 662. The highest BCUT2D eigenvalue weighted by Gasteiger charge is 2.25. The van der Waals surface area contributed by atoms with E-state index in [2.05, 4.69) is 9.71 Å². The summed E-state index contributed by atoms with van der Waals surface area (Å²) in [5, 5.41) is 3.76. The molecule has 1 heterocycles. The van der Waals surface area contributed by atoms with Crippen molar-refractivity contribution in [3.05, 3.63) is 34.9 Å². The number of nitrogens with zero attached hydrogens (tertiary/aromatic N) is 1. The van der Waals surface area contributed by atoms with Crippen LogP contribution < -0.4 is 5.32 Å². The number of hydrogen-bond donors (Lipinski definition) is 1. The molecule has 0 saturated heterocycles. The lowest BCUT2D eigenvalue weighted by Gasteiger charge is -2.17. The molecule has 0 spiro atoms. The minimum Gasteiger partial charge on any atom is -0.333 e. The monoisotopic (exact) mass is 316 g/mol. The smallest absolute Gasteiger partial charge is 0.286 e. The van der Waals surface area contributed by atoms with Crippen molar-refractivity contribution in [3.8, 4) is 0 Å². The van der Waals surface area contributed by atoms with Crippen molar-refractivity contribution in [1.82, 2.24) is 0 Å². The number of thioether (sulfide) groups is 1. The molecular weight excluding hydrogens is 304 g/mol. The number of amidine groups is 1. The normalized spacial score (nSPS) is 16.1.